The first-order valence-corrected chi connectivity index (χ1v) is 6.70. The Morgan fingerprint density at radius 2 is 2.12 bits per heavy atom. The van der Waals surface area contributed by atoms with Crippen LogP contribution in [0, 0.1) is 0 Å². The number of unbranched alkanes of at least 4 members (excludes halogenated alkanes) is 3. The molecule has 0 bridgehead atoms. The average molecular weight is 235 g/mol. The van der Waals surface area contributed by atoms with Crippen molar-refractivity contribution in [1.29, 1.82) is 0 Å². The fourth-order valence-electron chi connectivity index (χ4n) is 1.93. The third-order valence-electron chi connectivity index (χ3n) is 2.78. The molecular weight excluding hydrogens is 218 g/mol. The highest BCUT2D eigenvalue weighted by atomic mass is 32.1. The maximum Gasteiger partial charge on any atom is 0.271 e. The van der Waals surface area contributed by atoms with Gasteiger partial charge < -0.3 is 5.11 Å². The second-order valence-corrected chi connectivity index (χ2v) is 5.05. The molecule has 1 aromatic heterocycles. The molecule has 0 spiro atoms. The van der Waals surface area contributed by atoms with Crippen molar-refractivity contribution in [3.8, 4) is 5.19 Å². The van der Waals surface area contributed by atoms with Gasteiger partial charge in [0, 0.05) is 0 Å². The van der Waals surface area contributed by atoms with Crippen LogP contribution >= 0.6 is 11.3 Å². The summed E-state index contributed by atoms with van der Waals surface area (Å²) in [5.74, 6) is 0. The van der Waals surface area contributed by atoms with Crippen LogP contribution in [-0.4, -0.2) is 10.1 Å². The molecule has 0 unspecified atom stereocenters. The smallest absolute Gasteiger partial charge is 0.271 e. The molecule has 0 saturated carbocycles. The molecule has 2 aromatic rings. The number of thiazole rings is 1. The summed E-state index contributed by atoms with van der Waals surface area (Å²) in [4.78, 5) is 4.09. The van der Waals surface area contributed by atoms with E-state index in [9.17, 15) is 5.11 Å². The van der Waals surface area contributed by atoms with Crippen LogP contribution in [-0.2, 0) is 6.42 Å². The first-order chi connectivity index (χ1) is 7.81. The molecule has 0 saturated heterocycles. The van der Waals surface area contributed by atoms with Crippen molar-refractivity contribution in [3.63, 3.8) is 0 Å². The number of hydrogen-bond acceptors (Lipinski definition) is 3. The maximum absolute atomic E-state index is 9.40. The zero-order valence-electron chi connectivity index (χ0n) is 9.57. The summed E-state index contributed by atoms with van der Waals surface area (Å²) in [6.07, 6.45) is 6.19. The van der Waals surface area contributed by atoms with E-state index in [0.717, 1.165) is 16.6 Å². The molecule has 2 rings (SSSR count). The second kappa shape index (κ2) is 5.30. The molecule has 0 fully saturated rings. The summed E-state index contributed by atoms with van der Waals surface area (Å²) < 4.78 is 1.15. The summed E-state index contributed by atoms with van der Waals surface area (Å²) in [5.41, 5.74) is 2.25. The zero-order chi connectivity index (χ0) is 11.4. The SMILES string of the molecule is CCCCCCc1cccc2nc(O)sc12. The van der Waals surface area contributed by atoms with Gasteiger partial charge in [0.2, 0.25) is 0 Å². The van der Waals surface area contributed by atoms with Gasteiger partial charge in [0.1, 0.15) is 0 Å². The predicted octanol–water partition coefficient (Wildman–Crippen LogP) is 4.12. The molecular formula is C13H17NOS. The first kappa shape index (κ1) is 11.4. The van der Waals surface area contributed by atoms with Crippen molar-refractivity contribution in [2.24, 2.45) is 0 Å². The molecule has 1 heterocycles. The summed E-state index contributed by atoms with van der Waals surface area (Å²) in [6, 6.07) is 6.13. The molecule has 1 N–H and O–H groups in total. The van der Waals surface area contributed by atoms with Crippen LogP contribution in [0.25, 0.3) is 10.2 Å². The first-order valence-electron chi connectivity index (χ1n) is 5.88. The van der Waals surface area contributed by atoms with Gasteiger partial charge in [0.25, 0.3) is 5.19 Å². The molecule has 2 nitrogen and oxygen atoms in total. The van der Waals surface area contributed by atoms with E-state index in [1.165, 1.54) is 42.6 Å². The van der Waals surface area contributed by atoms with Crippen LogP contribution in [0.3, 0.4) is 0 Å². The Hall–Kier alpha value is -1.09. The Balaban J connectivity index is 2.11. The van der Waals surface area contributed by atoms with E-state index in [1.807, 2.05) is 12.1 Å². The summed E-state index contributed by atoms with van der Waals surface area (Å²) in [6.45, 7) is 2.22. The molecule has 1 aromatic carbocycles. The molecule has 0 amide bonds. The molecule has 0 aliphatic carbocycles. The topological polar surface area (TPSA) is 33.1 Å². The molecule has 0 radical (unpaired) electrons. The lowest BCUT2D eigenvalue weighted by Gasteiger charge is -2.01. The van der Waals surface area contributed by atoms with E-state index in [4.69, 9.17) is 0 Å². The quantitative estimate of drug-likeness (QED) is 0.791. The van der Waals surface area contributed by atoms with Gasteiger partial charge in [-0.05, 0) is 24.5 Å². The molecule has 3 heteroatoms. The molecule has 0 atom stereocenters. The van der Waals surface area contributed by atoms with Gasteiger partial charge in [-0.2, -0.15) is 0 Å². The van der Waals surface area contributed by atoms with Crippen LogP contribution in [0.5, 0.6) is 5.19 Å². The Morgan fingerprint density at radius 3 is 2.94 bits per heavy atom. The van der Waals surface area contributed by atoms with Crippen molar-refractivity contribution >= 4 is 21.6 Å². The van der Waals surface area contributed by atoms with Crippen molar-refractivity contribution < 1.29 is 5.11 Å². The molecule has 86 valence electrons. The van der Waals surface area contributed by atoms with Gasteiger partial charge in [0.15, 0.2) is 0 Å². The highest BCUT2D eigenvalue weighted by Crippen LogP contribution is 2.30. The number of aryl methyl sites for hydroxylation is 1. The van der Waals surface area contributed by atoms with Gasteiger partial charge in [-0.3, -0.25) is 0 Å². The summed E-state index contributed by atoms with van der Waals surface area (Å²) in [5, 5.41) is 9.57. The van der Waals surface area contributed by atoms with Crippen LogP contribution in [0.1, 0.15) is 38.2 Å². The maximum atomic E-state index is 9.40. The third-order valence-corrected chi connectivity index (χ3v) is 3.73. The summed E-state index contributed by atoms with van der Waals surface area (Å²) in [7, 11) is 0. The van der Waals surface area contributed by atoms with E-state index in [-0.39, 0.29) is 5.19 Å². The highest BCUT2D eigenvalue weighted by Gasteiger charge is 2.06. The Bertz CT molecular complexity index is 464. The largest absolute Gasteiger partial charge is 0.486 e. The third kappa shape index (κ3) is 2.53. The van der Waals surface area contributed by atoms with Gasteiger partial charge >= 0.3 is 0 Å². The van der Waals surface area contributed by atoms with Crippen molar-refractivity contribution in [3.05, 3.63) is 23.8 Å². The standard InChI is InChI=1S/C13H17NOS/c1-2-3-4-5-7-10-8-6-9-11-12(10)16-13(15)14-11/h6,8-9H,2-5,7H2,1H3,(H,14,15). The van der Waals surface area contributed by atoms with Crippen LogP contribution in [0.15, 0.2) is 18.2 Å². The van der Waals surface area contributed by atoms with Crippen LogP contribution in [0.2, 0.25) is 0 Å². The minimum Gasteiger partial charge on any atom is -0.486 e. The zero-order valence-corrected chi connectivity index (χ0v) is 10.4. The van der Waals surface area contributed by atoms with Gasteiger partial charge in [0.05, 0.1) is 10.2 Å². The number of fused-ring (bicyclic) bond motifs is 1. The van der Waals surface area contributed by atoms with Gasteiger partial charge in [-0.15, -0.1) is 0 Å². The van der Waals surface area contributed by atoms with Gasteiger partial charge in [-0.25, -0.2) is 4.98 Å². The lowest BCUT2D eigenvalue weighted by Crippen LogP contribution is -1.86. The van der Waals surface area contributed by atoms with Crippen LogP contribution < -0.4 is 0 Å². The van der Waals surface area contributed by atoms with Crippen molar-refractivity contribution in [1.82, 2.24) is 4.98 Å². The lowest BCUT2D eigenvalue weighted by atomic mass is 10.1. The number of benzene rings is 1. The van der Waals surface area contributed by atoms with E-state index in [0.29, 0.717) is 0 Å². The Morgan fingerprint density at radius 1 is 1.25 bits per heavy atom. The highest BCUT2D eigenvalue weighted by molar-refractivity contribution is 7.20. The van der Waals surface area contributed by atoms with Crippen molar-refractivity contribution in [2.75, 3.05) is 0 Å². The average Bonchev–Trinajstić information content (AvgIpc) is 2.65. The fourth-order valence-corrected chi connectivity index (χ4v) is 2.78. The number of aromatic hydroxyl groups is 1. The molecule has 16 heavy (non-hydrogen) atoms. The second-order valence-electron chi connectivity index (χ2n) is 4.07. The monoisotopic (exact) mass is 235 g/mol. The summed E-state index contributed by atoms with van der Waals surface area (Å²) >= 11 is 1.39. The minimum absolute atomic E-state index is 0.177. The van der Waals surface area contributed by atoms with E-state index >= 15 is 0 Å². The number of aromatic nitrogens is 1. The minimum atomic E-state index is 0.177. The number of rotatable bonds is 5. The molecule has 0 aliphatic rings. The Kier molecular flexibility index (Phi) is 3.78. The van der Waals surface area contributed by atoms with Gasteiger partial charge in [-0.1, -0.05) is 49.7 Å². The van der Waals surface area contributed by atoms with E-state index in [1.54, 1.807) is 0 Å². The van der Waals surface area contributed by atoms with E-state index < -0.39 is 0 Å². The van der Waals surface area contributed by atoms with Crippen LogP contribution in [0.4, 0.5) is 0 Å². The number of hydrogen-bond donors (Lipinski definition) is 1. The van der Waals surface area contributed by atoms with E-state index in [2.05, 4.69) is 18.0 Å². The molecule has 0 aliphatic heterocycles. The Labute approximate surface area is 100.0 Å². The lowest BCUT2D eigenvalue weighted by molar-refractivity contribution is 0.472. The predicted molar refractivity (Wildman–Crippen MR) is 69.1 cm³/mol. The number of nitrogens with zero attached hydrogens (tertiary/aromatic N) is 1. The van der Waals surface area contributed by atoms with Crippen molar-refractivity contribution in [2.45, 2.75) is 39.0 Å². The normalized spacial score (nSPS) is 11.1. The fraction of sp³-hybridized carbons (Fsp3) is 0.462.